The van der Waals surface area contributed by atoms with Gasteiger partial charge in [0.15, 0.2) is 5.54 Å². The van der Waals surface area contributed by atoms with Crippen molar-refractivity contribution in [2.75, 3.05) is 18.5 Å². The third-order valence-corrected chi connectivity index (χ3v) is 5.12. The van der Waals surface area contributed by atoms with Crippen LogP contribution in [0.15, 0.2) is 23.2 Å². The number of nitrogens with one attached hydrogen (secondary N) is 1. The van der Waals surface area contributed by atoms with Crippen molar-refractivity contribution in [1.29, 1.82) is 0 Å². The molecule has 7 heteroatoms. The molecule has 25 heavy (non-hydrogen) atoms. The van der Waals surface area contributed by atoms with Crippen molar-refractivity contribution in [3.63, 3.8) is 0 Å². The fraction of sp³-hybridized carbons (Fsp3) is 0.611. The van der Waals surface area contributed by atoms with Crippen LogP contribution in [0, 0.1) is 5.82 Å². The maximum Gasteiger partial charge on any atom is 0.299 e. The average Bonchev–Trinajstić information content (AvgIpc) is 3.03. The number of benzene rings is 1. The molecule has 1 saturated carbocycles. The summed E-state index contributed by atoms with van der Waals surface area (Å²) in [4.78, 5) is 4.03. The van der Waals surface area contributed by atoms with Gasteiger partial charge in [-0.05, 0) is 37.5 Å². The van der Waals surface area contributed by atoms with Crippen LogP contribution in [0.4, 0.5) is 18.9 Å². The van der Waals surface area contributed by atoms with Gasteiger partial charge in [-0.1, -0.05) is 19.8 Å². The van der Waals surface area contributed by atoms with Crippen LogP contribution in [-0.2, 0) is 10.3 Å². The molecule has 3 rings (SSSR count). The summed E-state index contributed by atoms with van der Waals surface area (Å²) in [5.41, 5.74) is 4.14. The van der Waals surface area contributed by atoms with Crippen LogP contribution in [0.1, 0.15) is 44.6 Å². The Morgan fingerprint density at radius 3 is 2.72 bits per heavy atom. The molecule has 1 atom stereocenters. The first kappa shape index (κ1) is 18.0. The smallest absolute Gasteiger partial charge is 0.299 e. The number of alkyl halides is 2. The molecule has 1 aliphatic carbocycles. The van der Waals surface area contributed by atoms with E-state index in [1.54, 1.807) is 13.0 Å². The Balaban J connectivity index is 2.05. The van der Waals surface area contributed by atoms with Crippen LogP contribution in [-0.4, -0.2) is 31.0 Å². The SMILES string of the molecule is CCC1(c2cc(NC3CCCC3)ccc2F)N=C(N)COCC1(F)F. The number of rotatable bonds is 4. The Morgan fingerprint density at radius 1 is 1.32 bits per heavy atom. The molecule has 0 radical (unpaired) electrons. The van der Waals surface area contributed by atoms with Crippen molar-refractivity contribution in [3.8, 4) is 0 Å². The molecular weight excluding hydrogens is 331 g/mol. The lowest BCUT2D eigenvalue weighted by Crippen LogP contribution is -2.47. The summed E-state index contributed by atoms with van der Waals surface area (Å²) in [5.74, 6) is -4.13. The summed E-state index contributed by atoms with van der Waals surface area (Å²) < 4.78 is 49.3. The van der Waals surface area contributed by atoms with E-state index in [0.29, 0.717) is 11.7 Å². The maximum absolute atomic E-state index is 14.9. The third kappa shape index (κ3) is 3.34. The van der Waals surface area contributed by atoms with Gasteiger partial charge in [-0.15, -0.1) is 0 Å². The normalized spacial score (nSPS) is 27.0. The number of ether oxygens (including phenoxy) is 1. The van der Waals surface area contributed by atoms with Crippen molar-refractivity contribution in [3.05, 3.63) is 29.6 Å². The van der Waals surface area contributed by atoms with Crippen molar-refractivity contribution in [1.82, 2.24) is 0 Å². The van der Waals surface area contributed by atoms with Gasteiger partial charge in [0.2, 0.25) is 0 Å². The zero-order chi connectivity index (χ0) is 18.1. The molecule has 2 aliphatic rings. The lowest BCUT2D eigenvalue weighted by atomic mass is 9.81. The van der Waals surface area contributed by atoms with E-state index in [1.165, 1.54) is 12.1 Å². The Kier molecular flexibility index (Phi) is 4.95. The molecule has 0 aromatic heterocycles. The summed E-state index contributed by atoms with van der Waals surface area (Å²) in [7, 11) is 0. The highest BCUT2D eigenvalue weighted by Crippen LogP contribution is 2.46. The van der Waals surface area contributed by atoms with E-state index in [9.17, 15) is 13.2 Å². The van der Waals surface area contributed by atoms with Crippen molar-refractivity contribution in [2.24, 2.45) is 10.7 Å². The predicted octanol–water partition coefficient (Wildman–Crippen LogP) is 3.81. The molecule has 1 fully saturated rings. The Morgan fingerprint density at radius 2 is 2.04 bits per heavy atom. The van der Waals surface area contributed by atoms with Gasteiger partial charge in [-0.2, -0.15) is 0 Å². The molecule has 0 amide bonds. The minimum Gasteiger partial charge on any atom is -0.385 e. The second-order valence-electron chi connectivity index (χ2n) is 6.83. The van der Waals surface area contributed by atoms with Crippen LogP contribution in [0.2, 0.25) is 0 Å². The minimum absolute atomic E-state index is 0.0485. The summed E-state index contributed by atoms with van der Waals surface area (Å²) in [6.45, 7) is 0.538. The quantitative estimate of drug-likeness (QED) is 0.863. The number of halogens is 3. The first-order valence-corrected chi connectivity index (χ1v) is 8.74. The molecule has 4 nitrogen and oxygen atoms in total. The summed E-state index contributed by atoms with van der Waals surface area (Å²) in [6, 6.07) is 4.55. The van der Waals surface area contributed by atoms with E-state index in [-0.39, 0.29) is 24.4 Å². The van der Waals surface area contributed by atoms with Gasteiger partial charge in [0.05, 0.1) is 0 Å². The van der Waals surface area contributed by atoms with E-state index in [4.69, 9.17) is 10.5 Å². The Labute approximate surface area is 145 Å². The van der Waals surface area contributed by atoms with Crippen LogP contribution in [0.25, 0.3) is 0 Å². The largest absolute Gasteiger partial charge is 0.385 e. The van der Waals surface area contributed by atoms with Crippen LogP contribution >= 0.6 is 0 Å². The fourth-order valence-corrected chi connectivity index (χ4v) is 3.79. The third-order valence-electron chi connectivity index (χ3n) is 5.12. The highest BCUT2D eigenvalue weighted by molar-refractivity contribution is 5.82. The number of anilines is 1. The maximum atomic E-state index is 14.9. The van der Waals surface area contributed by atoms with Gasteiger partial charge in [0.25, 0.3) is 5.92 Å². The van der Waals surface area contributed by atoms with Crippen LogP contribution < -0.4 is 11.1 Å². The van der Waals surface area contributed by atoms with Crippen LogP contribution in [0.3, 0.4) is 0 Å². The predicted molar refractivity (Wildman–Crippen MR) is 91.6 cm³/mol. The minimum atomic E-state index is -3.37. The van der Waals surface area contributed by atoms with Gasteiger partial charge in [-0.3, -0.25) is 4.99 Å². The van der Waals surface area contributed by atoms with E-state index in [1.807, 2.05) is 0 Å². The second-order valence-corrected chi connectivity index (χ2v) is 6.83. The number of nitrogens with two attached hydrogens (primary N) is 1. The standard InChI is InChI=1S/C18H24F3N3O/c1-2-17(18(20,21)11-25-10-16(22)24-17)14-9-13(7-8-15(14)19)23-12-5-3-4-6-12/h7-9,12,23H,2-6,10-11H2,1H3,(H2,22,24). The number of nitrogens with zero attached hydrogens (tertiary/aromatic N) is 1. The topological polar surface area (TPSA) is 59.6 Å². The molecule has 1 heterocycles. The molecule has 1 aliphatic heterocycles. The second kappa shape index (κ2) is 6.86. The molecule has 3 N–H and O–H groups in total. The Hall–Kier alpha value is -1.76. The van der Waals surface area contributed by atoms with Crippen molar-refractivity contribution in [2.45, 2.75) is 56.5 Å². The molecule has 1 aromatic rings. The number of amidine groups is 1. The zero-order valence-corrected chi connectivity index (χ0v) is 14.3. The van der Waals surface area contributed by atoms with E-state index >= 15 is 0 Å². The number of hydrogen-bond acceptors (Lipinski definition) is 4. The van der Waals surface area contributed by atoms with E-state index < -0.39 is 23.9 Å². The van der Waals surface area contributed by atoms with Gasteiger partial charge < -0.3 is 15.8 Å². The number of hydrogen-bond donors (Lipinski definition) is 2. The van der Waals surface area contributed by atoms with Crippen LogP contribution in [0.5, 0.6) is 0 Å². The fourth-order valence-electron chi connectivity index (χ4n) is 3.79. The van der Waals surface area contributed by atoms with E-state index in [0.717, 1.165) is 25.7 Å². The molecule has 0 bridgehead atoms. The van der Waals surface area contributed by atoms with E-state index in [2.05, 4.69) is 10.3 Å². The Bertz CT molecular complexity index is 659. The van der Waals surface area contributed by atoms with Gasteiger partial charge in [0, 0.05) is 17.3 Å². The van der Waals surface area contributed by atoms with Crippen molar-refractivity contribution < 1.29 is 17.9 Å². The summed E-state index contributed by atoms with van der Waals surface area (Å²) in [6.07, 6.45) is 4.25. The number of aliphatic imine (C=N–C) groups is 1. The first-order valence-electron chi connectivity index (χ1n) is 8.74. The summed E-state index contributed by atoms with van der Waals surface area (Å²) in [5, 5.41) is 3.32. The molecule has 1 unspecified atom stereocenters. The average molecular weight is 355 g/mol. The first-order chi connectivity index (χ1) is 11.9. The summed E-state index contributed by atoms with van der Waals surface area (Å²) >= 11 is 0. The highest BCUT2D eigenvalue weighted by Gasteiger charge is 2.56. The monoisotopic (exact) mass is 355 g/mol. The molecule has 138 valence electrons. The highest BCUT2D eigenvalue weighted by atomic mass is 19.3. The molecule has 0 saturated heterocycles. The van der Waals surface area contributed by atoms with Gasteiger partial charge in [-0.25, -0.2) is 13.2 Å². The lowest BCUT2D eigenvalue weighted by Gasteiger charge is -2.36. The molecular formula is C18H24F3N3O. The zero-order valence-electron chi connectivity index (χ0n) is 14.3. The lowest BCUT2D eigenvalue weighted by molar-refractivity contribution is -0.123. The van der Waals surface area contributed by atoms with Gasteiger partial charge in [0.1, 0.15) is 24.9 Å². The van der Waals surface area contributed by atoms with Crippen molar-refractivity contribution >= 4 is 11.5 Å². The molecule has 1 aromatic carbocycles. The molecule has 0 spiro atoms. The van der Waals surface area contributed by atoms with Gasteiger partial charge >= 0.3 is 0 Å².